The number of rotatable bonds is 3. The molecule has 0 aliphatic heterocycles. The van der Waals surface area contributed by atoms with Gasteiger partial charge in [0.2, 0.25) is 0 Å². The van der Waals surface area contributed by atoms with Gasteiger partial charge in [0.1, 0.15) is 0 Å². The van der Waals surface area contributed by atoms with Crippen LogP contribution < -0.4 is 0 Å². The van der Waals surface area contributed by atoms with Crippen molar-refractivity contribution in [1.29, 1.82) is 0 Å². The van der Waals surface area contributed by atoms with Crippen molar-refractivity contribution < 1.29 is 4.74 Å². The second kappa shape index (κ2) is 3.90. The molecule has 0 heterocycles. The van der Waals surface area contributed by atoms with Gasteiger partial charge in [0.05, 0.1) is 12.2 Å². The number of hydrogen-bond acceptors (Lipinski definition) is 1. The van der Waals surface area contributed by atoms with Crippen LogP contribution in [0.4, 0.5) is 0 Å². The van der Waals surface area contributed by atoms with E-state index in [1.165, 1.54) is 0 Å². The average molecular weight is 116 g/mol. The predicted molar refractivity (Wildman–Crippen MR) is 36.0 cm³/mol. The van der Waals surface area contributed by atoms with Crippen LogP contribution in [0.5, 0.6) is 0 Å². The van der Waals surface area contributed by atoms with E-state index in [0.29, 0.717) is 12.2 Å². The molecule has 0 aliphatic carbocycles. The minimum Gasteiger partial charge on any atom is -0.376 e. The highest BCUT2D eigenvalue weighted by Gasteiger charge is 1.99. The highest BCUT2D eigenvalue weighted by Crippen LogP contribution is 1.99. The van der Waals surface area contributed by atoms with E-state index < -0.39 is 0 Å². The normalized spacial score (nSPS) is 14.6. The Hall–Kier alpha value is -0.0400. The summed E-state index contributed by atoms with van der Waals surface area (Å²) >= 11 is 0. The van der Waals surface area contributed by atoms with Crippen LogP contribution in [0.25, 0.3) is 0 Å². The topological polar surface area (TPSA) is 9.23 Å². The van der Waals surface area contributed by atoms with Crippen molar-refractivity contribution in [3.8, 4) is 0 Å². The van der Waals surface area contributed by atoms with Gasteiger partial charge in [0.25, 0.3) is 0 Å². The van der Waals surface area contributed by atoms with Gasteiger partial charge in [-0.3, -0.25) is 0 Å². The summed E-state index contributed by atoms with van der Waals surface area (Å²) in [5.41, 5.74) is 0. The summed E-state index contributed by atoms with van der Waals surface area (Å²) in [5, 5.41) is 0. The van der Waals surface area contributed by atoms with Crippen LogP contribution in [-0.2, 0) is 4.74 Å². The standard InChI is InChI=1S/C7H16O/c1-5-7(4)8-6(2)3/h6-7H,5H2,1-4H3. The molecule has 0 fully saturated rings. The van der Waals surface area contributed by atoms with Crippen molar-refractivity contribution in [1.82, 2.24) is 0 Å². The van der Waals surface area contributed by atoms with Crippen LogP contribution in [0.1, 0.15) is 34.1 Å². The Morgan fingerprint density at radius 1 is 1.25 bits per heavy atom. The Morgan fingerprint density at radius 3 is 1.88 bits per heavy atom. The second-order valence-corrected chi connectivity index (χ2v) is 2.40. The summed E-state index contributed by atoms with van der Waals surface area (Å²) < 4.78 is 5.40. The fraction of sp³-hybridized carbons (Fsp3) is 1.00. The smallest absolute Gasteiger partial charge is 0.0547 e. The summed E-state index contributed by atoms with van der Waals surface area (Å²) in [6.45, 7) is 8.35. The van der Waals surface area contributed by atoms with Gasteiger partial charge in [0, 0.05) is 0 Å². The molecule has 0 aliphatic rings. The first kappa shape index (κ1) is 7.96. The molecule has 0 saturated carbocycles. The van der Waals surface area contributed by atoms with Crippen LogP contribution in [-0.4, -0.2) is 12.2 Å². The second-order valence-electron chi connectivity index (χ2n) is 2.40. The lowest BCUT2D eigenvalue weighted by Crippen LogP contribution is -2.12. The van der Waals surface area contributed by atoms with E-state index in [0.717, 1.165) is 6.42 Å². The fourth-order valence-corrected chi connectivity index (χ4v) is 0.561. The molecule has 0 aromatic heterocycles. The van der Waals surface area contributed by atoms with Gasteiger partial charge in [-0.05, 0) is 27.2 Å². The maximum absolute atomic E-state index is 5.40. The molecule has 1 atom stereocenters. The summed E-state index contributed by atoms with van der Waals surface area (Å²) in [5.74, 6) is 0. The molecular weight excluding hydrogens is 100 g/mol. The van der Waals surface area contributed by atoms with Crippen LogP contribution >= 0.6 is 0 Å². The summed E-state index contributed by atoms with van der Waals surface area (Å²) in [4.78, 5) is 0. The van der Waals surface area contributed by atoms with Crippen molar-refractivity contribution in [2.24, 2.45) is 0 Å². The van der Waals surface area contributed by atoms with E-state index in [9.17, 15) is 0 Å². The molecule has 0 amide bonds. The van der Waals surface area contributed by atoms with Crippen LogP contribution in [0.15, 0.2) is 0 Å². The quantitative estimate of drug-likeness (QED) is 0.549. The first-order valence-electron chi connectivity index (χ1n) is 3.32. The maximum Gasteiger partial charge on any atom is 0.0547 e. The molecule has 0 aromatic rings. The van der Waals surface area contributed by atoms with E-state index in [1.807, 2.05) is 0 Å². The SMILES string of the molecule is CCC(C)OC(C)C. The lowest BCUT2D eigenvalue weighted by Gasteiger charge is -2.12. The Kier molecular flexibility index (Phi) is 3.88. The highest BCUT2D eigenvalue weighted by atomic mass is 16.5. The molecule has 0 N–H and O–H groups in total. The molecule has 1 nitrogen and oxygen atoms in total. The fourth-order valence-electron chi connectivity index (χ4n) is 0.561. The van der Waals surface area contributed by atoms with E-state index in [4.69, 9.17) is 4.74 Å². The van der Waals surface area contributed by atoms with Crippen molar-refractivity contribution in [3.63, 3.8) is 0 Å². The summed E-state index contributed by atoms with van der Waals surface area (Å²) in [6.07, 6.45) is 1.91. The third kappa shape index (κ3) is 4.13. The molecule has 0 spiro atoms. The minimum atomic E-state index is 0.380. The Labute approximate surface area is 52.0 Å². The summed E-state index contributed by atoms with van der Waals surface area (Å²) in [6, 6.07) is 0. The van der Waals surface area contributed by atoms with Gasteiger partial charge >= 0.3 is 0 Å². The highest BCUT2D eigenvalue weighted by molar-refractivity contribution is 4.46. The largest absolute Gasteiger partial charge is 0.376 e. The van der Waals surface area contributed by atoms with Crippen LogP contribution in [0, 0.1) is 0 Å². The molecule has 50 valence electrons. The lowest BCUT2D eigenvalue weighted by atomic mass is 10.3. The molecule has 0 aromatic carbocycles. The van der Waals surface area contributed by atoms with Gasteiger partial charge < -0.3 is 4.74 Å². The van der Waals surface area contributed by atoms with Gasteiger partial charge in [-0.15, -0.1) is 0 Å². The van der Waals surface area contributed by atoms with Crippen molar-refractivity contribution in [3.05, 3.63) is 0 Å². The lowest BCUT2D eigenvalue weighted by molar-refractivity contribution is 0.0172. The van der Waals surface area contributed by atoms with E-state index in [1.54, 1.807) is 0 Å². The minimum absolute atomic E-state index is 0.380. The molecule has 0 saturated heterocycles. The Bertz CT molecular complexity index is 50.3. The molecule has 1 unspecified atom stereocenters. The zero-order chi connectivity index (χ0) is 6.57. The monoisotopic (exact) mass is 116 g/mol. The molecular formula is C7H16O. The first-order valence-corrected chi connectivity index (χ1v) is 3.32. The van der Waals surface area contributed by atoms with E-state index in [2.05, 4.69) is 27.7 Å². The van der Waals surface area contributed by atoms with E-state index in [-0.39, 0.29) is 0 Å². The Balaban J connectivity index is 3.10. The average Bonchev–Trinajstić information content (AvgIpc) is 1.65. The molecule has 0 radical (unpaired) electrons. The van der Waals surface area contributed by atoms with Crippen molar-refractivity contribution >= 4 is 0 Å². The maximum atomic E-state index is 5.40. The van der Waals surface area contributed by atoms with Crippen molar-refractivity contribution in [2.75, 3.05) is 0 Å². The zero-order valence-corrected chi connectivity index (χ0v) is 6.27. The van der Waals surface area contributed by atoms with Crippen LogP contribution in [0.3, 0.4) is 0 Å². The van der Waals surface area contributed by atoms with Gasteiger partial charge in [-0.25, -0.2) is 0 Å². The van der Waals surface area contributed by atoms with Crippen LogP contribution in [0.2, 0.25) is 0 Å². The molecule has 0 bridgehead atoms. The summed E-state index contributed by atoms with van der Waals surface area (Å²) in [7, 11) is 0. The van der Waals surface area contributed by atoms with Crippen molar-refractivity contribution in [2.45, 2.75) is 46.3 Å². The van der Waals surface area contributed by atoms with Gasteiger partial charge in [-0.2, -0.15) is 0 Å². The third-order valence-corrected chi connectivity index (χ3v) is 1.08. The first-order chi connectivity index (χ1) is 3.66. The number of hydrogen-bond donors (Lipinski definition) is 0. The molecule has 8 heavy (non-hydrogen) atoms. The molecule has 0 rings (SSSR count). The molecule has 1 heteroatoms. The number of ether oxygens (including phenoxy) is 1. The Morgan fingerprint density at radius 2 is 1.75 bits per heavy atom. The zero-order valence-electron chi connectivity index (χ0n) is 6.27. The predicted octanol–water partition coefficient (Wildman–Crippen LogP) is 2.21. The van der Waals surface area contributed by atoms with Gasteiger partial charge in [0.15, 0.2) is 0 Å². The van der Waals surface area contributed by atoms with E-state index >= 15 is 0 Å². The van der Waals surface area contributed by atoms with Gasteiger partial charge in [-0.1, -0.05) is 6.92 Å². The third-order valence-electron chi connectivity index (χ3n) is 1.08.